The van der Waals surface area contributed by atoms with Crippen LogP contribution >= 0.6 is 12.2 Å². The Morgan fingerprint density at radius 2 is 2.08 bits per heavy atom. The minimum Gasteiger partial charge on any atom is -0.462 e. The van der Waals surface area contributed by atoms with Crippen LogP contribution in [0, 0.1) is 4.77 Å². The summed E-state index contributed by atoms with van der Waals surface area (Å²) < 4.78 is 15.9. The molecule has 3 heterocycles. The summed E-state index contributed by atoms with van der Waals surface area (Å²) in [5.74, 6) is 0.606. The Balaban J connectivity index is 1.97. The van der Waals surface area contributed by atoms with Crippen LogP contribution in [-0.4, -0.2) is 34.3 Å². The molecule has 8 nitrogen and oxygen atoms in total. The molecule has 0 unspecified atom stereocenters. The topological polar surface area (TPSA) is 106 Å². The SMILES string of the molecule is CCOC(=O)c1cc(-c2ccc3c(c2)OCO3)nc2[nH]c(=S)[nH]c(=O)c12. The van der Waals surface area contributed by atoms with Crippen LogP contribution in [0.1, 0.15) is 17.3 Å². The van der Waals surface area contributed by atoms with Crippen molar-refractivity contribution >= 4 is 29.2 Å². The first kappa shape index (κ1) is 16.3. The summed E-state index contributed by atoms with van der Waals surface area (Å²) in [6.07, 6.45) is 0. The zero-order chi connectivity index (χ0) is 18.3. The van der Waals surface area contributed by atoms with Crippen LogP contribution in [0.4, 0.5) is 0 Å². The number of ether oxygens (including phenoxy) is 3. The van der Waals surface area contributed by atoms with Crippen molar-refractivity contribution in [3.05, 3.63) is 45.0 Å². The number of benzene rings is 1. The van der Waals surface area contributed by atoms with Crippen molar-refractivity contribution in [2.45, 2.75) is 6.92 Å². The number of aromatic amines is 2. The van der Waals surface area contributed by atoms with E-state index >= 15 is 0 Å². The molecule has 3 aromatic rings. The lowest BCUT2D eigenvalue weighted by molar-refractivity contribution is 0.0528. The molecule has 0 saturated heterocycles. The van der Waals surface area contributed by atoms with Gasteiger partial charge in [0.1, 0.15) is 5.65 Å². The van der Waals surface area contributed by atoms with E-state index in [-0.39, 0.29) is 34.8 Å². The minimum absolute atomic E-state index is 0.0987. The van der Waals surface area contributed by atoms with Crippen LogP contribution in [0.25, 0.3) is 22.3 Å². The lowest BCUT2D eigenvalue weighted by Crippen LogP contribution is -2.16. The van der Waals surface area contributed by atoms with Gasteiger partial charge in [-0.25, -0.2) is 9.78 Å². The summed E-state index contributed by atoms with van der Waals surface area (Å²) in [5.41, 5.74) is 0.974. The predicted octanol–water partition coefficient (Wildman–Crippen LogP) is 2.55. The van der Waals surface area contributed by atoms with E-state index in [0.717, 1.165) is 0 Å². The van der Waals surface area contributed by atoms with E-state index in [1.807, 2.05) is 0 Å². The third kappa shape index (κ3) is 2.72. The smallest absolute Gasteiger partial charge is 0.339 e. The highest BCUT2D eigenvalue weighted by Gasteiger charge is 2.20. The minimum atomic E-state index is -0.613. The first-order chi connectivity index (χ1) is 12.6. The Bertz CT molecular complexity index is 1150. The largest absolute Gasteiger partial charge is 0.462 e. The van der Waals surface area contributed by atoms with Gasteiger partial charge in [0, 0.05) is 5.56 Å². The van der Waals surface area contributed by atoms with Crippen molar-refractivity contribution in [2.24, 2.45) is 0 Å². The maximum absolute atomic E-state index is 12.4. The van der Waals surface area contributed by atoms with Gasteiger partial charge in [0.2, 0.25) is 6.79 Å². The van der Waals surface area contributed by atoms with Crippen LogP contribution in [0.2, 0.25) is 0 Å². The number of esters is 1. The van der Waals surface area contributed by atoms with Gasteiger partial charge in [0.05, 0.1) is 23.3 Å². The fourth-order valence-corrected chi connectivity index (χ4v) is 2.93. The zero-order valence-electron chi connectivity index (χ0n) is 13.6. The van der Waals surface area contributed by atoms with Crippen LogP contribution in [0.15, 0.2) is 29.1 Å². The number of rotatable bonds is 3. The second-order valence-electron chi connectivity index (χ2n) is 5.48. The Labute approximate surface area is 151 Å². The third-order valence-electron chi connectivity index (χ3n) is 3.87. The number of H-pyrrole nitrogens is 2. The Morgan fingerprint density at radius 1 is 1.27 bits per heavy atom. The molecule has 1 aromatic carbocycles. The maximum Gasteiger partial charge on any atom is 0.339 e. The monoisotopic (exact) mass is 371 g/mol. The number of fused-ring (bicyclic) bond motifs is 2. The van der Waals surface area contributed by atoms with E-state index in [4.69, 9.17) is 26.4 Å². The highest BCUT2D eigenvalue weighted by molar-refractivity contribution is 7.71. The number of carbonyl (C=O) groups is 1. The number of nitrogens with zero attached hydrogens (tertiary/aromatic N) is 1. The van der Waals surface area contributed by atoms with Crippen molar-refractivity contribution in [3.63, 3.8) is 0 Å². The number of aromatic nitrogens is 3. The van der Waals surface area contributed by atoms with E-state index in [0.29, 0.717) is 22.8 Å². The molecule has 9 heteroatoms. The van der Waals surface area contributed by atoms with E-state index in [9.17, 15) is 9.59 Å². The second-order valence-corrected chi connectivity index (χ2v) is 5.88. The van der Waals surface area contributed by atoms with Crippen LogP contribution in [0.5, 0.6) is 11.5 Å². The van der Waals surface area contributed by atoms with E-state index in [1.165, 1.54) is 6.07 Å². The molecule has 0 atom stereocenters. The molecule has 0 spiro atoms. The van der Waals surface area contributed by atoms with E-state index in [2.05, 4.69) is 15.0 Å². The summed E-state index contributed by atoms with van der Waals surface area (Å²) in [6, 6.07) is 6.82. The molecule has 1 aliphatic rings. The summed E-state index contributed by atoms with van der Waals surface area (Å²) in [5, 5.41) is 0.0987. The quantitative estimate of drug-likeness (QED) is 0.538. The Hall–Kier alpha value is -3.20. The third-order valence-corrected chi connectivity index (χ3v) is 4.07. The molecule has 0 saturated carbocycles. The molecular weight excluding hydrogens is 358 g/mol. The average Bonchev–Trinajstić information content (AvgIpc) is 3.08. The maximum atomic E-state index is 12.4. The average molecular weight is 371 g/mol. The number of carbonyl (C=O) groups excluding carboxylic acids is 1. The fraction of sp³-hybridized carbons (Fsp3) is 0.176. The van der Waals surface area contributed by atoms with Gasteiger partial charge in [0.25, 0.3) is 5.56 Å². The highest BCUT2D eigenvalue weighted by Crippen LogP contribution is 2.36. The normalized spacial score (nSPS) is 12.3. The van der Waals surface area contributed by atoms with Gasteiger partial charge in [-0.3, -0.25) is 9.78 Å². The lowest BCUT2D eigenvalue weighted by atomic mass is 10.1. The fourth-order valence-electron chi connectivity index (χ4n) is 2.74. The van der Waals surface area contributed by atoms with Gasteiger partial charge in [-0.2, -0.15) is 0 Å². The van der Waals surface area contributed by atoms with Crippen molar-refractivity contribution in [1.29, 1.82) is 0 Å². The summed E-state index contributed by atoms with van der Waals surface area (Å²) in [7, 11) is 0. The molecule has 4 rings (SSSR count). The lowest BCUT2D eigenvalue weighted by Gasteiger charge is -2.09. The number of nitrogens with one attached hydrogen (secondary N) is 2. The first-order valence-corrected chi connectivity index (χ1v) is 8.22. The van der Waals surface area contributed by atoms with E-state index in [1.54, 1.807) is 25.1 Å². The van der Waals surface area contributed by atoms with Gasteiger partial charge in [-0.05, 0) is 43.4 Å². The van der Waals surface area contributed by atoms with Crippen LogP contribution in [0.3, 0.4) is 0 Å². The molecule has 1 aliphatic heterocycles. The molecule has 2 aromatic heterocycles. The van der Waals surface area contributed by atoms with E-state index < -0.39 is 11.5 Å². The molecule has 0 amide bonds. The van der Waals surface area contributed by atoms with Gasteiger partial charge in [0.15, 0.2) is 16.3 Å². The molecule has 0 radical (unpaired) electrons. The van der Waals surface area contributed by atoms with Gasteiger partial charge in [-0.1, -0.05) is 0 Å². The summed E-state index contributed by atoms with van der Waals surface area (Å²) in [6.45, 7) is 2.03. The Kier molecular flexibility index (Phi) is 3.92. The molecular formula is C17H13N3O5S. The molecule has 0 fully saturated rings. The first-order valence-electron chi connectivity index (χ1n) is 7.81. The molecule has 132 valence electrons. The standard InChI is InChI=1S/C17H13N3O5S/c1-2-23-16(22)9-6-10(8-3-4-11-12(5-8)25-7-24-11)18-14-13(9)15(21)20-17(26)19-14/h3-6H,2,7H2,1H3,(H2,18,19,20,21,26). The summed E-state index contributed by atoms with van der Waals surface area (Å²) in [4.78, 5) is 34.4. The zero-order valence-corrected chi connectivity index (χ0v) is 14.4. The van der Waals surface area contributed by atoms with Crippen LogP contribution in [-0.2, 0) is 4.74 Å². The molecule has 0 aliphatic carbocycles. The van der Waals surface area contributed by atoms with Crippen molar-refractivity contribution in [3.8, 4) is 22.8 Å². The second kappa shape index (κ2) is 6.26. The molecule has 0 bridgehead atoms. The highest BCUT2D eigenvalue weighted by atomic mass is 32.1. The van der Waals surface area contributed by atoms with Gasteiger partial charge >= 0.3 is 5.97 Å². The van der Waals surface area contributed by atoms with Crippen molar-refractivity contribution in [2.75, 3.05) is 13.4 Å². The molecule has 2 N–H and O–H groups in total. The van der Waals surface area contributed by atoms with Crippen molar-refractivity contribution < 1.29 is 19.0 Å². The van der Waals surface area contributed by atoms with Gasteiger partial charge < -0.3 is 19.2 Å². The number of hydrogen-bond acceptors (Lipinski definition) is 7. The van der Waals surface area contributed by atoms with Crippen LogP contribution < -0.4 is 15.0 Å². The van der Waals surface area contributed by atoms with Crippen molar-refractivity contribution in [1.82, 2.24) is 15.0 Å². The Morgan fingerprint density at radius 3 is 2.88 bits per heavy atom. The van der Waals surface area contributed by atoms with Gasteiger partial charge in [-0.15, -0.1) is 0 Å². The summed E-state index contributed by atoms with van der Waals surface area (Å²) >= 11 is 5.01. The number of hydrogen-bond donors (Lipinski definition) is 2. The molecule has 26 heavy (non-hydrogen) atoms. The number of pyridine rings is 1. The predicted molar refractivity (Wildman–Crippen MR) is 95.1 cm³/mol.